The molecule has 0 aliphatic heterocycles. The van der Waals surface area contributed by atoms with Crippen LogP contribution in [0, 0.1) is 5.92 Å². The zero-order chi connectivity index (χ0) is 18.8. The molecule has 0 aromatic heterocycles. The highest BCUT2D eigenvalue weighted by Crippen LogP contribution is 2.59. The number of aliphatic hydroxyl groups is 1. The van der Waals surface area contributed by atoms with Crippen molar-refractivity contribution in [2.24, 2.45) is 5.92 Å². The molecule has 0 bridgehead atoms. The first-order valence-corrected chi connectivity index (χ1v) is 7.79. The van der Waals surface area contributed by atoms with Gasteiger partial charge in [0.25, 0.3) is 5.92 Å². The van der Waals surface area contributed by atoms with Crippen LogP contribution in [0.4, 0.5) is 35.1 Å². The lowest BCUT2D eigenvalue weighted by atomic mass is 10.1. The number of hydrogen-bond donors (Lipinski definition) is 1. The maximum atomic E-state index is 14.1. The molecule has 2 nitrogen and oxygen atoms in total. The minimum absolute atomic E-state index is 0.477. The highest BCUT2D eigenvalue weighted by molar-refractivity contribution is 8.00. The third-order valence-corrected chi connectivity index (χ3v) is 4.87. The van der Waals surface area contributed by atoms with E-state index in [0.29, 0.717) is 0 Å². The van der Waals surface area contributed by atoms with E-state index in [1.54, 1.807) is 0 Å². The Morgan fingerprint density at radius 3 is 2.28 bits per heavy atom. The summed E-state index contributed by atoms with van der Waals surface area (Å²) in [6.45, 7) is -0.598. The first-order chi connectivity index (χ1) is 11.3. The van der Waals surface area contributed by atoms with Gasteiger partial charge in [-0.2, -0.15) is 22.0 Å². The highest BCUT2D eigenvalue weighted by atomic mass is 32.2. The summed E-state index contributed by atoms with van der Waals surface area (Å²) in [7, 11) is 0. The zero-order valence-electron chi connectivity index (χ0n) is 12.1. The topological polar surface area (TPSA) is 29.5 Å². The lowest BCUT2D eigenvalue weighted by molar-refractivity contribution is -0.144. The molecule has 11 heteroatoms. The van der Waals surface area contributed by atoms with Crippen LogP contribution >= 0.6 is 11.8 Å². The summed E-state index contributed by atoms with van der Waals surface area (Å²) in [5.41, 5.74) is -6.72. The second-order valence-corrected chi connectivity index (χ2v) is 6.96. The van der Waals surface area contributed by atoms with E-state index in [1.165, 1.54) is 0 Å². The summed E-state index contributed by atoms with van der Waals surface area (Å²) in [6.07, 6.45) is -6.39. The van der Waals surface area contributed by atoms with Gasteiger partial charge in [0.2, 0.25) is 0 Å². The summed E-state index contributed by atoms with van der Waals surface area (Å²) >= 11 is -0.778. The predicted molar refractivity (Wildman–Crippen MR) is 70.7 cm³/mol. The number of hydrogen-bond acceptors (Lipinski definition) is 3. The van der Waals surface area contributed by atoms with Gasteiger partial charge < -0.3 is 9.84 Å². The Balaban J connectivity index is 1.96. The molecule has 25 heavy (non-hydrogen) atoms. The van der Waals surface area contributed by atoms with E-state index in [-0.39, 0.29) is 0 Å². The van der Waals surface area contributed by atoms with Crippen molar-refractivity contribution in [3.8, 4) is 5.75 Å². The molecule has 0 heterocycles. The lowest BCUT2D eigenvalue weighted by Crippen LogP contribution is -2.24. The van der Waals surface area contributed by atoms with Crippen molar-refractivity contribution >= 4 is 11.8 Å². The molecule has 0 amide bonds. The van der Waals surface area contributed by atoms with E-state index >= 15 is 0 Å². The normalized spacial score (nSPS) is 29.4. The van der Waals surface area contributed by atoms with Gasteiger partial charge in [0.05, 0.1) is 12.5 Å². The van der Waals surface area contributed by atoms with Crippen molar-refractivity contribution in [2.45, 2.75) is 40.9 Å². The second kappa shape index (κ2) is 5.63. The summed E-state index contributed by atoms with van der Waals surface area (Å²) in [5, 5.41) is 9.61. The average molecular weight is 394 g/mol. The monoisotopic (exact) mass is 394 g/mol. The minimum atomic E-state index is -4.85. The van der Waals surface area contributed by atoms with Gasteiger partial charge in [-0.25, -0.2) is 13.2 Å². The van der Waals surface area contributed by atoms with E-state index in [9.17, 15) is 40.2 Å². The fraction of sp³-hybridized carbons (Fsp3) is 0.571. The van der Waals surface area contributed by atoms with Gasteiger partial charge in [-0.05, 0) is 23.9 Å². The standard InChI is InChI=1S/C14H10F8O2S/c15-10-8-6(24-4-5-3-12(5,16)17)1-2-7(25-14(20,21)22)9(8)11(23)13(10,18)19/h1-2,5,10-11,23H,3-4H2/t5-,10-,11+/m1/s1. The summed E-state index contributed by atoms with van der Waals surface area (Å²) in [6, 6.07) is 1.56. The molecule has 1 aromatic carbocycles. The number of benzene rings is 1. The number of thioether (sulfide) groups is 1. The number of alkyl halides is 8. The Hall–Kier alpha value is -1.23. The number of halogens is 8. The van der Waals surface area contributed by atoms with Gasteiger partial charge in [-0.15, -0.1) is 0 Å². The third kappa shape index (κ3) is 3.27. The van der Waals surface area contributed by atoms with Crippen LogP contribution in [0.1, 0.15) is 29.8 Å². The minimum Gasteiger partial charge on any atom is -0.493 e. The Morgan fingerprint density at radius 1 is 1.16 bits per heavy atom. The molecule has 2 aliphatic carbocycles. The maximum absolute atomic E-state index is 14.1. The van der Waals surface area contributed by atoms with Crippen molar-refractivity contribution < 1.29 is 45.0 Å². The molecule has 1 saturated carbocycles. The van der Waals surface area contributed by atoms with E-state index in [1.807, 2.05) is 0 Å². The summed E-state index contributed by atoms with van der Waals surface area (Å²) in [4.78, 5) is -0.793. The number of aliphatic hydroxyl groups excluding tert-OH is 1. The van der Waals surface area contributed by atoms with Gasteiger partial charge >= 0.3 is 11.4 Å². The van der Waals surface area contributed by atoms with Gasteiger partial charge in [-0.3, -0.25) is 0 Å². The average Bonchev–Trinajstić information content (AvgIpc) is 3.03. The second-order valence-electron chi connectivity index (χ2n) is 5.85. The van der Waals surface area contributed by atoms with Crippen molar-refractivity contribution in [2.75, 3.05) is 6.61 Å². The predicted octanol–water partition coefficient (Wildman–Crippen LogP) is 5.03. The molecule has 0 spiro atoms. The first-order valence-electron chi connectivity index (χ1n) is 6.97. The molecule has 1 fully saturated rings. The molecule has 0 unspecified atom stereocenters. The van der Waals surface area contributed by atoms with Crippen LogP contribution in [0.25, 0.3) is 0 Å². The van der Waals surface area contributed by atoms with Gasteiger partial charge in [0.1, 0.15) is 11.9 Å². The van der Waals surface area contributed by atoms with E-state index in [0.717, 1.165) is 12.1 Å². The van der Waals surface area contributed by atoms with Gasteiger partial charge in [-0.1, -0.05) is 0 Å². The SMILES string of the molecule is O[C@H]1c2c(SC(F)(F)F)ccc(OC[C@H]3CC3(F)F)c2[C@@H](F)C1(F)F. The van der Waals surface area contributed by atoms with Crippen molar-refractivity contribution in [1.82, 2.24) is 0 Å². The van der Waals surface area contributed by atoms with Crippen LogP contribution < -0.4 is 4.74 Å². The fourth-order valence-electron chi connectivity index (χ4n) is 2.64. The Kier molecular flexibility index (Phi) is 4.18. The van der Waals surface area contributed by atoms with Crippen molar-refractivity contribution in [3.05, 3.63) is 23.3 Å². The largest absolute Gasteiger partial charge is 0.493 e. The maximum Gasteiger partial charge on any atom is 0.446 e. The van der Waals surface area contributed by atoms with Crippen LogP contribution in [0.3, 0.4) is 0 Å². The van der Waals surface area contributed by atoms with E-state index in [2.05, 4.69) is 0 Å². The Morgan fingerprint density at radius 2 is 1.76 bits per heavy atom. The summed E-state index contributed by atoms with van der Waals surface area (Å²) in [5.74, 6) is -9.06. The molecule has 0 saturated heterocycles. The number of rotatable bonds is 4. The molecule has 3 rings (SSSR count). The first kappa shape index (κ1) is 18.6. The van der Waals surface area contributed by atoms with Gasteiger partial charge in [0.15, 0.2) is 6.17 Å². The van der Waals surface area contributed by atoms with E-state index < -0.39 is 82.1 Å². The molecular weight excluding hydrogens is 384 g/mol. The smallest absolute Gasteiger partial charge is 0.446 e. The quantitative estimate of drug-likeness (QED) is 0.574. The third-order valence-electron chi connectivity index (χ3n) is 4.06. The molecule has 1 N–H and O–H groups in total. The molecular formula is C14H10F8O2S. The van der Waals surface area contributed by atoms with Crippen LogP contribution in [-0.2, 0) is 0 Å². The van der Waals surface area contributed by atoms with Crippen LogP contribution in [0.5, 0.6) is 5.75 Å². The van der Waals surface area contributed by atoms with Crippen molar-refractivity contribution in [1.29, 1.82) is 0 Å². The molecule has 0 radical (unpaired) electrons. The zero-order valence-corrected chi connectivity index (χ0v) is 12.9. The number of fused-ring (bicyclic) bond motifs is 1. The van der Waals surface area contributed by atoms with Crippen molar-refractivity contribution in [3.63, 3.8) is 0 Å². The van der Waals surface area contributed by atoms with Gasteiger partial charge in [0, 0.05) is 22.4 Å². The molecule has 3 atom stereocenters. The Labute approximate surface area is 140 Å². The molecule has 1 aromatic rings. The molecule has 140 valence electrons. The van der Waals surface area contributed by atoms with Crippen LogP contribution in [0.15, 0.2) is 17.0 Å². The van der Waals surface area contributed by atoms with Crippen LogP contribution in [-0.4, -0.2) is 29.1 Å². The summed E-state index contributed by atoms with van der Waals surface area (Å²) < 4.78 is 110. The fourth-order valence-corrected chi connectivity index (χ4v) is 3.36. The lowest BCUT2D eigenvalue weighted by Gasteiger charge is -2.16. The Bertz CT molecular complexity index is 690. The highest BCUT2D eigenvalue weighted by Gasteiger charge is 2.60. The number of ether oxygens (including phenoxy) is 1. The van der Waals surface area contributed by atoms with Crippen LogP contribution in [0.2, 0.25) is 0 Å². The molecule has 2 aliphatic rings. The van der Waals surface area contributed by atoms with E-state index in [4.69, 9.17) is 4.74 Å².